The van der Waals surface area contributed by atoms with Gasteiger partial charge in [-0.25, -0.2) is 0 Å². The normalized spacial score (nSPS) is 14.8. The zero-order chi connectivity index (χ0) is 24.2. The summed E-state index contributed by atoms with van der Waals surface area (Å²) in [6.07, 6.45) is 2.25. The van der Waals surface area contributed by atoms with E-state index in [1.165, 1.54) is 4.57 Å². The van der Waals surface area contributed by atoms with E-state index in [0.717, 1.165) is 16.9 Å². The fraction of sp³-hybridized carbons (Fsp3) is 0.308. The van der Waals surface area contributed by atoms with Crippen molar-refractivity contribution in [2.24, 2.45) is 7.05 Å². The summed E-state index contributed by atoms with van der Waals surface area (Å²) in [5, 5.41) is 0. The van der Waals surface area contributed by atoms with E-state index in [2.05, 4.69) is 0 Å². The lowest BCUT2D eigenvalue weighted by Crippen LogP contribution is -2.44. The van der Waals surface area contributed by atoms with Gasteiger partial charge in [0, 0.05) is 19.8 Å². The number of fused-ring (bicyclic) bond motifs is 1. The number of carbonyl (C=O) groups is 1. The molecule has 0 bridgehead atoms. The van der Waals surface area contributed by atoms with Gasteiger partial charge in [-0.1, -0.05) is 0 Å². The highest BCUT2D eigenvalue weighted by molar-refractivity contribution is 5.94. The minimum absolute atomic E-state index is 0.128. The molecule has 0 fully saturated rings. The van der Waals surface area contributed by atoms with Crippen LogP contribution < -0.4 is 24.5 Å². The van der Waals surface area contributed by atoms with Crippen molar-refractivity contribution < 1.29 is 23.7 Å². The van der Waals surface area contributed by atoms with Gasteiger partial charge in [-0.3, -0.25) is 9.59 Å². The first-order chi connectivity index (χ1) is 16.5. The first kappa shape index (κ1) is 23.2. The molecule has 4 rings (SSSR count). The van der Waals surface area contributed by atoms with Crippen molar-refractivity contribution >= 4 is 5.91 Å². The van der Waals surface area contributed by atoms with Gasteiger partial charge in [0.2, 0.25) is 0 Å². The molecule has 2 aromatic carbocycles. The Hall–Kier alpha value is -3.94. The van der Waals surface area contributed by atoms with E-state index in [1.807, 2.05) is 36.4 Å². The number of benzene rings is 2. The van der Waals surface area contributed by atoms with Crippen molar-refractivity contribution in [1.82, 2.24) is 9.47 Å². The Kier molecular flexibility index (Phi) is 6.77. The molecule has 0 aliphatic carbocycles. The van der Waals surface area contributed by atoms with E-state index < -0.39 is 6.04 Å². The van der Waals surface area contributed by atoms with Gasteiger partial charge in [0.15, 0.2) is 11.5 Å². The fourth-order valence-electron chi connectivity index (χ4n) is 4.21. The lowest BCUT2D eigenvalue weighted by atomic mass is 9.91. The summed E-state index contributed by atoms with van der Waals surface area (Å²) in [5.74, 6) is 2.25. The number of nitrogens with zero attached hydrogens (tertiary/aromatic N) is 2. The van der Waals surface area contributed by atoms with Crippen LogP contribution in [0.1, 0.15) is 27.5 Å². The predicted molar refractivity (Wildman–Crippen MR) is 127 cm³/mol. The summed E-state index contributed by atoms with van der Waals surface area (Å²) in [7, 11) is 6.41. The van der Waals surface area contributed by atoms with Crippen molar-refractivity contribution in [1.29, 1.82) is 0 Å². The zero-order valence-corrected chi connectivity index (χ0v) is 19.7. The summed E-state index contributed by atoms with van der Waals surface area (Å²) in [6.45, 7) is 0.643. The van der Waals surface area contributed by atoms with Gasteiger partial charge < -0.3 is 28.4 Å². The van der Waals surface area contributed by atoms with Crippen LogP contribution in [0.3, 0.4) is 0 Å². The number of carbonyl (C=O) groups excluding carboxylic acids is 1. The van der Waals surface area contributed by atoms with Crippen LogP contribution in [0, 0.1) is 0 Å². The number of hydrogen-bond donors (Lipinski definition) is 0. The lowest BCUT2D eigenvalue weighted by molar-refractivity contribution is 0.0587. The van der Waals surface area contributed by atoms with Crippen molar-refractivity contribution in [2.75, 3.05) is 34.5 Å². The molecule has 0 saturated carbocycles. The van der Waals surface area contributed by atoms with Gasteiger partial charge >= 0.3 is 0 Å². The minimum Gasteiger partial charge on any atom is -0.497 e. The van der Waals surface area contributed by atoms with Crippen LogP contribution in [0.25, 0.3) is 0 Å². The van der Waals surface area contributed by atoms with E-state index in [0.29, 0.717) is 30.2 Å². The maximum absolute atomic E-state index is 13.5. The Morgan fingerprint density at radius 3 is 2.32 bits per heavy atom. The molecular formula is C26H28N2O6. The van der Waals surface area contributed by atoms with Gasteiger partial charge in [-0.2, -0.15) is 0 Å². The second kappa shape index (κ2) is 9.91. The average Bonchev–Trinajstić information content (AvgIpc) is 2.87. The molecule has 178 valence electrons. The third-order valence-corrected chi connectivity index (χ3v) is 6.08. The largest absolute Gasteiger partial charge is 0.497 e. The van der Waals surface area contributed by atoms with Crippen molar-refractivity contribution in [3.05, 3.63) is 81.8 Å². The van der Waals surface area contributed by atoms with Crippen LogP contribution in [0.15, 0.2) is 59.5 Å². The molecule has 2 heterocycles. The Morgan fingerprint density at radius 1 is 0.971 bits per heavy atom. The van der Waals surface area contributed by atoms with E-state index in [-0.39, 0.29) is 23.6 Å². The van der Waals surface area contributed by atoms with E-state index >= 15 is 0 Å². The van der Waals surface area contributed by atoms with Gasteiger partial charge in [0.05, 0.1) is 27.4 Å². The summed E-state index contributed by atoms with van der Waals surface area (Å²) in [6, 6.07) is 13.9. The summed E-state index contributed by atoms with van der Waals surface area (Å²) in [5.41, 5.74) is 1.74. The Bertz CT molecular complexity index is 1240. The number of hydrogen-bond acceptors (Lipinski definition) is 6. The zero-order valence-electron chi connectivity index (χ0n) is 19.7. The van der Waals surface area contributed by atoms with Gasteiger partial charge in [0.25, 0.3) is 11.5 Å². The molecule has 3 aromatic rings. The molecule has 1 amide bonds. The predicted octanol–water partition coefficient (Wildman–Crippen LogP) is 3.23. The van der Waals surface area contributed by atoms with Gasteiger partial charge in [-0.05, 0) is 66.1 Å². The highest BCUT2D eigenvalue weighted by Crippen LogP contribution is 2.39. The Morgan fingerprint density at radius 2 is 1.65 bits per heavy atom. The molecule has 1 aromatic heterocycles. The second-order valence-electron chi connectivity index (χ2n) is 7.99. The maximum atomic E-state index is 13.5. The molecular weight excluding hydrogens is 436 g/mol. The highest BCUT2D eigenvalue weighted by Gasteiger charge is 2.34. The van der Waals surface area contributed by atoms with Crippen LogP contribution in [-0.4, -0.2) is 49.9 Å². The van der Waals surface area contributed by atoms with Gasteiger partial charge in [-0.15, -0.1) is 0 Å². The third-order valence-electron chi connectivity index (χ3n) is 6.08. The van der Waals surface area contributed by atoms with Crippen LogP contribution in [0.5, 0.6) is 23.0 Å². The van der Waals surface area contributed by atoms with Crippen molar-refractivity contribution in [3.63, 3.8) is 0 Å². The quantitative estimate of drug-likeness (QED) is 0.534. The second-order valence-corrected chi connectivity index (χ2v) is 7.99. The molecule has 8 heteroatoms. The third kappa shape index (κ3) is 4.44. The number of aromatic nitrogens is 1. The maximum Gasteiger partial charge on any atom is 0.263 e. The van der Waals surface area contributed by atoms with Crippen LogP contribution >= 0.6 is 0 Å². The van der Waals surface area contributed by atoms with Gasteiger partial charge in [0.1, 0.15) is 23.7 Å². The van der Waals surface area contributed by atoms with Crippen LogP contribution in [-0.2, 0) is 13.5 Å². The number of aryl methyl sites for hydroxylation is 1. The number of rotatable bonds is 7. The smallest absolute Gasteiger partial charge is 0.263 e. The lowest BCUT2D eigenvalue weighted by Gasteiger charge is -2.37. The van der Waals surface area contributed by atoms with Crippen LogP contribution in [0.4, 0.5) is 0 Å². The molecule has 0 N–H and O–H groups in total. The fourth-order valence-corrected chi connectivity index (χ4v) is 4.21. The van der Waals surface area contributed by atoms with E-state index in [1.54, 1.807) is 51.6 Å². The van der Waals surface area contributed by atoms with Crippen molar-refractivity contribution in [3.8, 4) is 23.0 Å². The minimum atomic E-state index is -0.428. The summed E-state index contributed by atoms with van der Waals surface area (Å²) < 4.78 is 23.7. The number of ether oxygens (including phenoxy) is 4. The molecule has 8 nitrogen and oxygen atoms in total. The number of methoxy groups -OCH3 is 3. The van der Waals surface area contributed by atoms with E-state index in [4.69, 9.17) is 18.9 Å². The molecule has 1 unspecified atom stereocenters. The molecule has 1 aliphatic heterocycles. The van der Waals surface area contributed by atoms with E-state index in [9.17, 15) is 9.59 Å². The Labute approximate surface area is 198 Å². The molecule has 34 heavy (non-hydrogen) atoms. The van der Waals surface area contributed by atoms with Crippen LogP contribution in [0.2, 0.25) is 0 Å². The molecule has 0 spiro atoms. The first-order valence-electron chi connectivity index (χ1n) is 10.9. The Balaban J connectivity index is 1.72. The number of amides is 1. The molecule has 0 radical (unpaired) electrons. The summed E-state index contributed by atoms with van der Waals surface area (Å²) >= 11 is 0. The molecule has 0 saturated heterocycles. The average molecular weight is 465 g/mol. The first-order valence-corrected chi connectivity index (χ1v) is 10.9. The standard InChI is InChI=1S/C26H28N2O6/c1-27-12-5-6-20(25(27)29)26(30)28-13-11-17-14-23(32-3)24(33-4)15-21(17)22(28)16-34-19-9-7-18(31-2)8-10-19/h5-10,12,14-15,22H,11,13,16H2,1-4H3. The summed E-state index contributed by atoms with van der Waals surface area (Å²) in [4.78, 5) is 27.9. The van der Waals surface area contributed by atoms with Crippen molar-refractivity contribution in [2.45, 2.75) is 12.5 Å². The topological polar surface area (TPSA) is 79.2 Å². The SMILES string of the molecule is COc1ccc(OCC2c3cc(OC)c(OC)cc3CCN2C(=O)c2cccn(C)c2=O)cc1. The number of pyridine rings is 1. The highest BCUT2D eigenvalue weighted by atomic mass is 16.5. The molecule has 1 atom stereocenters. The molecule has 1 aliphatic rings. The monoisotopic (exact) mass is 464 g/mol.